The molecule has 1 atom stereocenters. The lowest BCUT2D eigenvalue weighted by Gasteiger charge is -2.26. The molecule has 7 heteroatoms. The summed E-state index contributed by atoms with van der Waals surface area (Å²) in [4.78, 5) is 27.4. The number of methoxy groups -OCH3 is 1. The molecular formula is C25H21NO6. The molecule has 3 aromatic rings. The van der Waals surface area contributed by atoms with Crippen LogP contribution in [0.2, 0.25) is 0 Å². The number of phenols is 2. The number of amides is 1. The summed E-state index contributed by atoms with van der Waals surface area (Å²) in [6, 6.07) is 16.1. The first-order chi connectivity index (χ1) is 15.3. The minimum atomic E-state index is -1.01. The molecule has 0 spiro atoms. The summed E-state index contributed by atoms with van der Waals surface area (Å²) in [5, 5.41) is 31.3. The average Bonchev–Trinajstić information content (AvgIpc) is 3.06. The number of rotatable bonds is 4. The molecule has 4 rings (SSSR count). The van der Waals surface area contributed by atoms with Crippen LogP contribution in [0.4, 0.5) is 5.69 Å². The Kier molecular flexibility index (Phi) is 5.32. The third-order valence-corrected chi connectivity index (χ3v) is 5.41. The van der Waals surface area contributed by atoms with E-state index in [9.17, 15) is 24.9 Å². The predicted octanol–water partition coefficient (Wildman–Crippen LogP) is 4.04. The first-order valence-corrected chi connectivity index (χ1v) is 9.85. The van der Waals surface area contributed by atoms with E-state index >= 15 is 0 Å². The second-order valence-electron chi connectivity index (χ2n) is 7.48. The Morgan fingerprint density at radius 1 is 0.938 bits per heavy atom. The van der Waals surface area contributed by atoms with E-state index in [4.69, 9.17) is 4.74 Å². The molecule has 1 aliphatic heterocycles. The molecule has 1 fully saturated rings. The quantitative estimate of drug-likeness (QED) is 0.327. The van der Waals surface area contributed by atoms with Crippen LogP contribution in [-0.4, -0.2) is 34.1 Å². The van der Waals surface area contributed by atoms with Crippen LogP contribution >= 0.6 is 0 Å². The lowest BCUT2D eigenvalue weighted by molar-refractivity contribution is -0.132. The van der Waals surface area contributed by atoms with Crippen LogP contribution in [0.5, 0.6) is 17.2 Å². The molecule has 1 saturated heterocycles. The molecule has 0 aliphatic carbocycles. The zero-order valence-corrected chi connectivity index (χ0v) is 17.4. The van der Waals surface area contributed by atoms with Gasteiger partial charge < -0.3 is 20.1 Å². The first-order valence-electron chi connectivity index (χ1n) is 9.85. The van der Waals surface area contributed by atoms with Gasteiger partial charge in [-0.05, 0) is 66.6 Å². The molecule has 162 valence electrons. The predicted molar refractivity (Wildman–Crippen MR) is 119 cm³/mol. The number of aromatic hydroxyl groups is 2. The largest absolute Gasteiger partial charge is 0.508 e. The van der Waals surface area contributed by atoms with Crippen LogP contribution in [0, 0.1) is 6.92 Å². The Bertz CT molecular complexity index is 1230. The smallest absolute Gasteiger partial charge is 0.300 e. The second kappa shape index (κ2) is 8.11. The topological polar surface area (TPSA) is 107 Å². The number of aryl methyl sites for hydroxylation is 1. The van der Waals surface area contributed by atoms with E-state index in [0.717, 1.165) is 5.56 Å². The highest BCUT2D eigenvalue weighted by molar-refractivity contribution is 6.51. The maximum atomic E-state index is 13.1. The highest BCUT2D eigenvalue weighted by atomic mass is 16.5. The maximum Gasteiger partial charge on any atom is 0.300 e. The van der Waals surface area contributed by atoms with Gasteiger partial charge in [-0.1, -0.05) is 18.2 Å². The first kappa shape index (κ1) is 21.0. The molecule has 1 unspecified atom stereocenters. The van der Waals surface area contributed by atoms with E-state index in [1.807, 2.05) is 0 Å². The Morgan fingerprint density at radius 2 is 1.59 bits per heavy atom. The molecule has 0 aromatic heterocycles. The molecule has 0 bridgehead atoms. The van der Waals surface area contributed by atoms with Gasteiger partial charge in [0.1, 0.15) is 23.0 Å². The van der Waals surface area contributed by atoms with Gasteiger partial charge in [0.05, 0.1) is 24.4 Å². The standard InChI is InChI=1S/C25H21NO6/c1-14-3-12-20(28)19(13-14)26-22(15-4-8-17(27)9-5-15)21(24(30)25(26)31)23(29)16-6-10-18(32-2)11-7-16/h3-13,22,27-29H,1-2H3/b23-21+. The maximum absolute atomic E-state index is 13.1. The van der Waals surface area contributed by atoms with E-state index < -0.39 is 17.7 Å². The number of hydrogen-bond donors (Lipinski definition) is 3. The number of carbonyl (C=O) groups excluding carboxylic acids is 2. The number of ether oxygens (including phenoxy) is 1. The Labute approximate surface area is 184 Å². The van der Waals surface area contributed by atoms with Gasteiger partial charge in [0.15, 0.2) is 0 Å². The van der Waals surface area contributed by atoms with Gasteiger partial charge in [-0.2, -0.15) is 0 Å². The highest BCUT2D eigenvalue weighted by Gasteiger charge is 2.47. The number of phenolic OH excluding ortho intramolecular Hbond substituents is 2. The Morgan fingerprint density at radius 3 is 2.22 bits per heavy atom. The number of ketones is 1. The van der Waals surface area contributed by atoms with Crippen molar-refractivity contribution in [2.24, 2.45) is 0 Å². The van der Waals surface area contributed by atoms with Crippen molar-refractivity contribution in [1.82, 2.24) is 0 Å². The molecule has 3 aromatic carbocycles. The van der Waals surface area contributed by atoms with Crippen LogP contribution in [0.1, 0.15) is 22.7 Å². The number of hydrogen-bond acceptors (Lipinski definition) is 6. The van der Waals surface area contributed by atoms with Crippen LogP contribution in [-0.2, 0) is 9.59 Å². The summed E-state index contributed by atoms with van der Waals surface area (Å²) < 4.78 is 5.14. The summed E-state index contributed by atoms with van der Waals surface area (Å²) in [6.07, 6.45) is 0. The van der Waals surface area contributed by atoms with Crippen molar-refractivity contribution < 1.29 is 29.6 Å². The minimum Gasteiger partial charge on any atom is -0.508 e. The summed E-state index contributed by atoms with van der Waals surface area (Å²) in [5.74, 6) is -1.69. The Hall–Kier alpha value is -4.26. The van der Waals surface area contributed by atoms with Crippen molar-refractivity contribution >= 4 is 23.1 Å². The zero-order valence-electron chi connectivity index (χ0n) is 17.4. The molecule has 3 N–H and O–H groups in total. The van der Waals surface area contributed by atoms with Crippen LogP contribution in [0.25, 0.3) is 5.76 Å². The van der Waals surface area contributed by atoms with Crippen LogP contribution in [0.15, 0.2) is 72.3 Å². The van der Waals surface area contributed by atoms with E-state index in [0.29, 0.717) is 16.9 Å². The van der Waals surface area contributed by atoms with Gasteiger partial charge in [-0.15, -0.1) is 0 Å². The number of anilines is 1. The van der Waals surface area contributed by atoms with Crippen molar-refractivity contribution in [3.63, 3.8) is 0 Å². The van der Waals surface area contributed by atoms with Crippen molar-refractivity contribution in [2.75, 3.05) is 12.0 Å². The Balaban J connectivity index is 1.95. The molecular weight excluding hydrogens is 410 g/mol. The van der Waals surface area contributed by atoms with Gasteiger partial charge in [0.2, 0.25) is 0 Å². The molecule has 1 heterocycles. The lowest BCUT2D eigenvalue weighted by Crippen LogP contribution is -2.29. The van der Waals surface area contributed by atoms with E-state index in [2.05, 4.69) is 0 Å². The summed E-state index contributed by atoms with van der Waals surface area (Å²) >= 11 is 0. The van der Waals surface area contributed by atoms with Crippen LogP contribution < -0.4 is 9.64 Å². The summed E-state index contributed by atoms with van der Waals surface area (Å²) in [7, 11) is 1.51. The average molecular weight is 431 g/mol. The summed E-state index contributed by atoms with van der Waals surface area (Å²) in [5.41, 5.74) is 1.63. The van der Waals surface area contributed by atoms with E-state index in [1.165, 1.54) is 30.2 Å². The number of carbonyl (C=O) groups is 2. The van der Waals surface area contributed by atoms with Gasteiger partial charge in [0, 0.05) is 5.56 Å². The normalized spacial score (nSPS) is 17.6. The molecule has 7 nitrogen and oxygen atoms in total. The minimum absolute atomic E-state index is 0.0132. The van der Waals surface area contributed by atoms with Crippen molar-refractivity contribution in [2.45, 2.75) is 13.0 Å². The van der Waals surface area contributed by atoms with Gasteiger partial charge in [0.25, 0.3) is 11.7 Å². The van der Waals surface area contributed by atoms with Crippen LogP contribution in [0.3, 0.4) is 0 Å². The van der Waals surface area contributed by atoms with Crippen molar-refractivity contribution in [3.05, 3.63) is 89.0 Å². The zero-order chi connectivity index (χ0) is 23.0. The SMILES string of the molecule is COc1ccc(/C(O)=C2\C(=O)C(=O)N(c3cc(C)ccc3O)C2c2ccc(O)cc2)cc1. The molecule has 0 radical (unpaired) electrons. The monoisotopic (exact) mass is 431 g/mol. The van der Waals surface area contributed by atoms with Crippen molar-refractivity contribution in [3.8, 4) is 17.2 Å². The van der Waals surface area contributed by atoms with E-state index in [1.54, 1.807) is 55.5 Å². The molecule has 1 aliphatic rings. The highest BCUT2D eigenvalue weighted by Crippen LogP contribution is 2.45. The number of aliphatic hydroxyl groups excluding tert-OH is 1. The number of Topliss-reactive ketones (excluding diaryl/α,β-unsaturated/α-hetero) is 1. The molecule has 0 saturated carbocycles. The van der Waals surface area contributed by atoms with Gasteiger partial charge in [-0.3, -0.25) is 14.5 Å². The van der Waals surface area contributed by atoms with E-state index in [-0.39, 0.29) is 28.5 Å². The summed E-state index contributed by atoms with van der Waals surface area (Å²) in [6.45, 7) is 1.80. The fourth-order valence-electron chi connectivity index (χ4n) is 3.78. The second-order valence-corrected chi connectivity index (χ2v) is 7.48. The fraction of sp³-hybridized carbons (Fsp3) is 0.120. The number of aliphatic hydroxyl groups is 1. The van der Waals surface area contributed by atoms with Crippen molar-refractivity contribution in [1.29, 1.82) is 0 Å². The van der Waals surface area contributed by atoms with Gasteiger partial charge in [-0.25, -0.2) is 0 Å². The van der Waals surface area contributed by atoms with Gasteiger partial charge >= 0.3 is 0 Å². The number of benzene rings is 3. The number of nitrogens with zero attached hydrogens (tertiary/aromatic N) is 1. The third-order valence-electron chi connectivity index (χ3n) is 5.41. The lowest BCUT2D eigenvalue weighted by atomic mass is 9.95. The molecule has 1 amide bonds. The fourth-order valence-corrected chi connectivity index (χ4v) is 3.78. The third kappa shape index (κ3) is 3.54. The molecule has 32 heavy (non-hydrogen) atoms.